The van der Waals surface area contributed by atoms with Gasteiger partial charge in [0, 0.05) is 5.92 Å². The molecular formula is C11H13NO3. The van der Waals surface area contributed by atoms with Crippen molar-refractivity contribution in [2.45, 2.75) is 17.9 Å². The van der Waals surface area contributed by atoms with Crippen molar-refractivity contribution in [3.8, 4) is 5.75 Å². The van der Waals surface area contributed by atoms with Crippen LogP contribution in [0.2, 0.25) is 0 Å². The number of aliphatic carboxylic acids is 1. The lowest BCUT2D eigenvalue weighted by Crippen LogP contribution is -2.34. The molecule has 2 atom stereocenters. The summed E-state index contributed by atoms with van der Waals surface area (Å²) in [6.07, 6.45) is 0.475. The van der Waals surface area contributed by atoms with E-state index in [4.69, 9.17) is 15.6 Å². The minimum Gasteiger partial charge on any atom is -0.496 e. The third kappa shape index (κ3) is 1.47. The van der Waals surface area contributed by atoms with Crippen molar-refractivity contribution >= 4 is 5.97 Å². The Morgan fingerprint density at radius 1 is 1.60 bits per heavy atom. The normalized spacial score (nSPS) is 28.5. The fraction of sp³-hybridized carbons (Fsp3) is 0.364. The van der Waals surface area contributed by atoms with E-state index in [9.17, 15) is 4.79 Å². The highest BCUT2D eigenvalue weighted by Crippen LogP contribution is 2.52. The van der Waals surface area contributed by atoms with Crippen molar-refractivity contribution < 1.29 is 14.6 Å². The van der Waals surface area contributed by atoms with E-state index in [0.717, 1.165) is 5.56 Å². The molecule has 1 fully saturated rings. The predicted molar refractivity (Wildman–Crippen MR) is 54.9 cm³/mol. The predicted octanol–water partition coefficient (Wildman–Crippen LogP) is 0.965. The van der Waals surface area contributed by atoms with Crippen LogP contribution in [0.4, 0.5) is 0 Å². The highest BCUT2D eigenvalue weighted by atomic mass is 16.5. The second-order valence-electron chi connectivity index (χ2n) is 3.84. The van der Waals surface area contributed by atoms with Crippen molar-refractivity contribution in [1.82, 2.24) is 0 Å². The van der Waals surface area contributed by atoms with Crippen LogP contribution in [0.5, 0.6) is 5.75 Å². The number of hydrogen-bond acceptors (Lipinski definition) is 3. The number of nitrogens with two attached hydrogens (primary N) is 1. The first-order chi connectivity index (χ1) is 7.09. The standard InChI is InChI=1S/C11H13NO3/c1-15-9-5-3-2-4-7(9)8-6-11(8,12)10(13)14/h2-5,8H,6,12H2,1H3,(H,13,14). The summed E-state index contributed by atoms with van der Waals surface area (Å²) < 4.78 is 5.17. The van der Waals surface area contributed by atoms with Gasteiger partial charge in [-0.25, -0.2) is 0 Å². The zero-order valence-electron chi connectivity index (χ0n) is 8.43. The molecule has 1 saturated carbocycles. The van der Waals surface area contributed by atoms with Crippen LogP contribution in [0.15, 0.2) is 24.3 Å². The summed E-state index contributed by atoms with van der Waals surface area (Å²) in [7, 11) is 1.57. The van der Waals surface area contributed by atoms with Gasteiger partial charge in [-0.3, -0.25) is 4.79 Å². The minimum atomic E-state index is -1.10. The summed E-state index contributed by atoms with van der Waals surface area (Å²) in [6, 6.07) is 7.39. The smallest absolute Gasteiger partial charge is 0.324 e. The van der Waals surface area contributed by atoms with Gasteiger partial charge in [-0.2, -0.15) is 0 Å². The molecular weight excluding hydrogens is 194 g/mol. The lowest BCUT2D eigenvalue weighted by atomic mass is 10.1. The summed E-state index contributed by atoms with van der Waals surface area (Å²) >= 11 is 0. The number of hydrogen-bond donors (Lipinski definition) is 2. The maximum atomic E-state index is 10.9. The number of carboxylic acid groups (broad SMARTS) is 1. The molecule has 3 N–H and O–H groups in total. The summed E-state index contributed by atoms with van der Waals surface area (Å²) in [5.74, 6) is -0.374. The van der Waals surface area contributed by atoms with Crippen molar-refractivity contribution in [2.75, 3.05) is 7.11 Å². The highest BCUT2D eigenvalue weighted by molar-refractivity contribution is 5.85. The van der Waals surface area contributed by atoms with Crippen LogP contribution in [0.3, 0.4) is 0 Å². The zero-order valence-corrected chi connectivity index (χ0v) is 8.43. The lowest BCUT2D eigenvalue weighted by molar-refractivity contribution is -0.139. The molecule has 0 radical (unpaired) electrons. The summed E-state index contributed by atoms with van der Waals surface area (Å²) in [4.78, 5) is 10.9. The number of carboxylic acids is 1. The van der Waals surface area contributed by atoms with Crippen molar-refractivity contribution in [3.05, 3.63) is 29.8 Å². The maximum Gasteiger partial charge on any atom is 0.324 e. The molecule has 2 rings (SSSR count). The van der Waals surface area contributed by atoms with Crippen molar-refractivity contribution in [2.24, 2.45) is 5.73 Å². The SMILES string of the molecule is COc1ccccc1C1CC1(N)C(=O)O. The van der Waals surface area contributed by atoms with Crippen molar-refractivity contribution in [3.63, 3.8) is 0 Å². The second-order valence-corrected chi connectivity index (χ2v) is 3.84. The largest absolute Gasteiger partial charge is 0.496 e. The van der Waals surface area contributed by atoms with Crippen molar-refractivity contribution in [1.29, 1.82) is 0 Å². The fourth-order valence-electron chi connectivity index (χ4n) is 1.86. The van der Waals surface area contributed by atoms with Gasteiger partial charge in [-0.1, -0.05) is 18.2 Å². The van der Waals surface area contributed by atoms with E-state index >= 15 is 0 Å². The molecule has 0 aliphatic heterocycles. The number of para-hydroxylation sites is 1. The Kier molecular flexibility index (Phi) is 2.16. The molecule has 0 heterocycles. The molecule has 0 aromatic heterocycles. The van der Waals surface area contributed by atoms with Crippen LogP contribution in [-0.4, -0.2) is 23.7 Å². The Bertz CT molecular complexity index is 405. The summed E-state index contributed by atoms with van der Waals surface area (Å²) in [6.45, 7) is 0. The topological polar surface area (TPSA) is 72.5 Å². The van der Waals surface area contributed by atoms with E-state index in [1.54, 1.807) is 7.11 Å². The monoisotopic (exact) mass is 207 g/mol. The first kappa shape index (κ1) is 9.98. The molecule has 15 heavy (non-hydrogen) atoms. The molecule has 4 heteroatoms. The Morgan fingerprint density at radius 2 is 2.27 bits per heavy atom. The molecule has 1 aliphatic rings. The third-order valence-electron chi connectivity index (χ3n) is 2.92. The van der Waals surface area contributed by atoms with Gasteiger partial charge in [0.05, 0.1) is 7.11 Å². The van der Waals surface area contributed by atoms with Gasteiger partial charge in [0.2, 0.25) is 0 Å². The van der Waals surface area contributed by atoms with E-state index in [1.807, 2.05) is 24.3 Å². The fourth-order valence-corrected chi connectivity index (χ4v) is 1.86. The first-order valence-corrected chi connectivity index (χ1v) is 4.75. The van der Waals surface area contributed by atoms with Crippen LogP contribution in [0, 0.1) is 0 Å². The Morgan fingerprint density at radius 3 is 2.80 bits per heavy atom. The number of methoxy groups -OCH3 is 1. The highest BCUT2D eigenvalue weighted by Gasteiger charge is 2.59. The van der Waals surface area contributed by atoms with Gasteiger partial charge in [0.1, 0.15) is 11.3 Å². The van der Waals surface area contributed by atoms with Gasteiger partial charge < -0.3 is 15.6 Å². The average Bonchev–Trinajstić information content (AvgIpc) is 2.92. The molecule has 0 amide bonds. The van der Waals surface area contributed by atoms with Crippen LogP contribution in [0.25, 0.3) is 0 Å². The molecule has 1 aromatic carbocycles. The van der Waals surface area contributed by atoms with Gasteiger partial charge in [-0.05, 0) is 18.1 Å². The number of ether oxygens (including phenoxy) is 1. The molecule has 2 unspecified atom stereocenters. The van der Waals surface area contributed by atoms with E-state index in [-0.39, 0.29) is 5.92 Å². The van der Waals surface area contributed by atoms with Crippen LogP contribution >= 0.6 is 0 Å². The third-order valence-corrected chi connectivity index (χ3v) is 2.92. The van der Waals surface area contributed by atoms with Gasteiger partial charge in [-0.15, -0.1) is 0 Å². The molecule has 0 bridgehead atoms. The lowest BCUT2D eigenvalue weighted by Gasteiger charge is -2.09. The first-order valence-electron chi connectivity index (χ1n) is 4.75. The molecule has 80 valence electrons. The van der Waals surface area contributed by atoms with Gasteiger partial charge in [0.15, 0.2) is 0 Å². The Balaban J connectivity index is 2.30. The van der Waals surface area contributed by atoms with E-state index in [1.165, 1.54) is 0 Å². The molecule has 1 aliphatic carbocycles. The molecule has 1 aromatic rings. The van der Waals surface area contributed by atoms with E-state index in [0.29, 0.717) is 12.2 Å². The molecule has 0 saturated heterocycles. The Hall–Kier alpha value is -1.55. The Labute approximate surface area is 87.7 Å². The van der Waals surface area contributed by atoms with E-state index in [2.05, 4.69) is 0 Å². The average molecular weight is 207 g/mol. The summed E-state index contributed by atoms with van der Waals surface area (Å²) in [5.41, 5.74) is 5.51. The van der Waals surface area contributed by atoms with Crippen LogP contribution in [0.1, 0.15) is 17.9 Å². The number of benzene rings is 1. The van der Waals surface area contributed by atoms with Crippen LogP contribution in [-0.2, 0) is 4.79 Å². The van der Waals surface area contributed by atoms with Crippen LogP contribution < -0.4 is 10.5 Å². The van der Waals surface area contributed by atoms with E-state index < -0.39 is 11.5 Å². The molecule has 0 spiro atoms. The summed E-state index contributed by atoms with van der Waals surface area (Å²) in [5, 5.41) is 8.94. The number of rotatable bonds is 3. The molecule has 4 nitrogen and oxygen atoms in total. The second kappa shape index (κ2) is 3.24. The maximum absolute atomic E-state index is 10.9. The van der Waals surface area contributed by atoms with Gasteiger partial charge >= 0.3 is 5.97 Å². The van der Waals surface area contributed by atoms with Gasteiger partial charge in [0.25, 0.3) is 0 Å². The zero-order chi connectivity index (χ0) is 11.1. The quantitative estimate of drug-likeness (QED) is 0.774. The number of carbonyl (C=O) groups is 1. The minimum absolute atomic E-state index is 0.133.